The molecule has 1 atom stereocenters. The summed E-state index contributed by atoms with van der Waals surface area (Å²) in [5.74, 6) is 0. The summed E-state index contributed by atoms with van der Waals surface area (Å²) >= 11 is -0.0405. The van der Waals surface area contributed by atoms with E-state index in [-0.39, 0.29) is 44.2 Å². The van der Waals surface area contributed by atoms with Crippen molar-refractivity contribution in [2.45, 2.75) is 56.5 Å². The van der Waals surface area contributed by atoms with Crippen molar-refractivity contribution in [3.05, 3.63) is 35.5 Å². The molecule has 0 fully saturated rings. The number of hydrogen-bond acceptors (Lipinski definition) is 1. The fourth-order valence-electron chi connectivity index (χ4n) is 3.97. The van der Waals surface area contributed by atoms with Crippen molar-refractivity contribution < 1.29 is 44.2 Å². The summed E-state index contributed by atoms with van der Waals surface area (Å²) in [6.07, 6.45) is 2.61. The maximum absolute atomic E-state index is 2.92. The van der Waals surface area contributed by atoms with Crippen LogP contribution in [0.15, 0.2) is 24.3 Å². The zero-order chi connectivity index (χ0) is 16.1. The minimum Gasteiger partial charge on any atom is -1.00 e. The quantitative estimate of drug-likeness (QED) is 0.531. The Bertz CT molecular complexity index is 694. The second-order valence-electron chi connectivity index (χ2n) is 7.87. The molecule has 1 heterocycles. The molecule has 1 aliphatic rings. The number of aryl methyl sites for hydroxylation is 1. The van der Waals surface area contributed by atoms with E-state index in [0.29, 0.717) is 5.54 Å². The normalized spacial score (nSPS) is 16.8. The van der Waals surface area contributed by atoms with Crippen LogP contribution in [0.25, 0.3) is 10.9 Å². The number of nitrogens with zero attached hydrogens (tertiary/aromatic N) is 2. The second kappa shape index (κ2) is 8.28. The van der Waals surface area contributed by atoms with Gasteiger partial charge in [0.25, 0.3) is 0 Å². The summed E-state index contributed by atoms with van der Waals surface area (Å²) in [5, 5.41) is 1.50. The topological polar surface area (TPSA) is 8.17 Å². The molecule has 2 nitrogen and oxygen atoms in total. The Labute approximate surface area is 170 Å². The Balaban J connectivity index is 0.00000144. The summed E-state index contributed by atoms with van der Waals surface area (Å²) in [7, 11) is 1.53. The number of benzene rings is 1. The number of hydrogen-bond donors (Lipinski definition) is 0. The minimum atomic E-state index is -0.725. The van der Waals surface area contributed by atoms with E-state index >= 15 is 0 Å². The summed E-state index contributed by atoms with van der Waals surface area (Å²) in [6, 6.07) is 8.93. The van der Waals surface area contributed by atoms with Crippen LogP contribution in [-0.2, 0) is 39.3 Å². The second-order valence-corrected chi connectivity index (χ2v) is 13.8. The van der Waals surface area contributed by atoms with Crippen LogP contribution in [-0.4, -0.2) is 22.1 Å². The van der Waals surface area contributed by atoms with E-state index in [2.05, 4.69) is 72.8 Å². The molecule has 0 aliphatic heterocycles. The summed E-state index contributed by atoms with van der Waals surface area (Å²) in [6.45, 7) is 12.2. The monoisotopic (exact) mass is 418 g/mol. The van der Waals surface area contributed by atoms with E-state index in [4.69, 9.17) is 0 Å². The van der Waals surface area contributed by atoms with Gasteiger partial charge in [0.15, 0.2) is 0 Å². The Morgan fingerprint density at radius 2 is 1.75 bits per heavy atom. The minimum absolute atomic E-state index is 0. The van der Waals surface area contributed by atoms with Gasteiger partial charge in [0.1, 0.15) is 0 Å². The van der Waals surface area contributed by atoms with Crippen molar-refractivity contribution in [2.75, 3.05) is 0 Å². The third kappa shape index (κ3) is 4.13. The first-order chi connectivity index (χ1) is 10.3. The molecule has 1 aromatic carbocycles. The van der Waals surface area contributed by atoms with Crippen LogP contribution in [0, 0.1) is 0 Å². The predicted octanol–water partition coefficient (Wildman–Crippen LogP) is -1.85. The summed E-state index contributed by atoms with van der Waals surface area (Å²) in [4.78, 5) is 0. The van der Waals surface area contributed by atoms with Crippen molar-refractivity contribution >= 4 is 19.9 Å². The van der Waals surface area contributed by atoms with E-state index in [9.17, 15) is 0 Å². The van der Waals surface area contributed by atoms with Gasteiger partial charge in [-0.3, -0.25) is 0 Å². The molecule has 2 aromatic rings. The van der Waals surface area contributed by atoms with Gasteiger partial charge >= 0.3 is 146 Å². The van der Waals surface area contributed by atoms with E-state index in [1.807, 2.05) is 0 Å². The van der Waals surface area contributed by atoms with E-state index in [1.54, 1.807) is 11.3 Å². The molecule has 0 saturated heterocycles. The maximum Gasteiger partial charge on any atom is -1.00 e. The van der Waals surface area contributed by atoms with E-state index < -0.39 is 8.96 Å². The zero-order valence-corrected chi connectivity index (χ0v) is 19.8. The van der Waals surface area contributed by atoms with Gasteiger partial charge in [-0.2, -0.15) is 0 Å². The van der Waals surface area contributed by atoms with Crippen LogP contribution in [0.5, 0.6) is 0 Å². The van der Waals surface area contributed by atoms with Crippen LogP contribution in [0.2, 0.25) is 17.3 Å². The zero-order valence-electron chi connectivity index (χ0n) is 15.5. The smallest absolute Gasteiger partial charge is 1.00 e. The molecule has 24 heavy (non-hydrogen) atoms. The van der Waals surface area contributed by atoms with Crippen molar-refractivity contribution in [1.29, 1.82) is 0 Å². The molecule has 1 unspecified atom stereocenters. The van der Waals surface area contributed by atoms with Crippen molar-refractivity contribution in [2.24, 2.45) is 7.05 Å². The molecular formula is C18H28Cl2N2SiTi. The van der Waals surface area contributed by atoms with Crippen molar-refractivity contribution in [3.8, 4) is 0 Å². The summed E-state index contributed by atoms with van der Waals surface area (Å²) in [5.41, 5.74) is 5.02. The molecule has 1 aliphatic carbocycles. The van der Waals surface area contributed by atoms with Gasteiger partial charge in [0, 0.05) is 0 Å². The van der Waals surface area contributed by atoms with Gasteiger partial charge < -0.3 is 24.8 Å². The van der Waals surface area contributed by atoms with E-state index in [0.717, 1.165) is 4.22 Å². The molecule has 0 bridgehead atoms. The molecule has 0 radical (unpaired) electrons. The maximum atomic E-state index is 2.92. The Hall–Kier alpha value is 0.231. The largest absolute Gasteiger partial charge is 1.00 e. The van der Waals surface area contributed by atoms with Gasteiger partial charge in [-0.1, -0.05) is 0 Å². The molecule has 3 rings (SSSR count). The molecule has 132 valence electrons. The van der Waals surface area contributed by atoms with Crippen LogP contribution < -0.4 is 24.8 Å². The van der Waals surface area contributed by atoms with Crippen LogP contribution >= 0.6 is 0 Å². The number of para-hydroxylation sites is 1. The molecule has 0 saturated carbocycles. The number of rotatable bonds is 3. The van der Waals surface area contributed by atoms with Gasteiger partial charge in [-0.05, 0) is 0 Å². The molecule has 1 aromatic heterocycles. The number of halogens is 2. The SMILES string of the molecule is Cn1c2c(c3ccccc31)C[CH]([Ti+2][N]([SiH](C)C)C(C)(C)C)C2.[Cl-].[Cl-]. The third-order valence-electron chi connectivity index (χ3n) is 4.79. The van der Waals surface area contributed by atoms with Crippen molar-refractivity contribution in [3.63, 3.8) is 0 Å². The van der Waals surface area contributed by atoms with Crippen LogP contribution in [0.4, 0.5) is 0 Å². The molecular weight excluding hydrogens is 391 g/mol. The first-order valence-corrected chi connectivity index (χ1v) is 12.8. The van der Waals surface area contributed by atoms with Gasteiger partial charge in [0.05, 0.1) is 0 Å². The average Bonchev–Trinajstić information content (AvgIpc) is 2.95. The molecule has 0 amide bonds. The number of aromatic nitrogens is 1. The van der Waals surface area contributed by atoms with Gasteiger partial charge in [-0.15, -0.1) is 0 Å². The molecule has 0 spiro atoms. The first-order valence-electron chi connectivity index (χ1n) is 8.39. The summed E-state index contributed by atoms with van der Waals surface area (Å²) < 4.78 is 6.28. The Morgan fingerprint density at radius 1 is 1.12 bits per heavy atom. The Kier molecular flexibility index (Phi) is 7.69. The molecule has 6 heteroatoms. The van der Waals surface area contributed by atoms with Gasteiger partial charge in [-0.25, -0.2) is 0 Å². The standard InChI is InChI=1S/C12H12N.C6H16NSi.2ClH.Ti/c1-13-11-7-3-2-5-9(11)10-6-4-8-12(10)13;1-6(2,3)7-8(4)5;;;/h2-5,7H,6,8H2,1H3;8H,1-5H3;2*1H;/q;-1;;;+3/p-2. The first kappa shape index (κ1) is 22.3. The predicted molar refractivity (Wildman–Crippen MR) is 94.5 cm³/mol. The fraction of sp³-hybridized carbons (Fsp3) is 0.556. The van der Waals surface area contributed by atoms with Crippen molar-refractivity contribution in [1.82, 2.24) is 7.61 Å². The Morgan fingerprint density at radius 3 is 2.33 bits per heavy atom. The molecule has 0 N–H and O–H groups in total. The average molecular weight is 419 g/mol. The fourth-order valence-corrected chi connectivity index (χ4v) is 10.2. The van der Waals surface area contributed by atoms with Crippen LogP contribution in [0.3, 0.4) is 0 Å². The number of fused-ring (bicyclic) bond motifs is 3. The van der Waals surface area contributed by atoms with Gasteiger partial charge in [0.2, 0.25) is 0 Å². The van der Waals surface area contributed by atoms with Crippen LogP contribution in [0.1, 0.15) is 32.0 Å². The van der Waals surface area contributed by atoms with E-state index in [1.165, 1.54) is 23.7 Å². The third-order valence-corrected chi connectivity index (χ3v) is 12.3.